The molecule has 37 heavy (non-hydrogen) atoms. The highest BCUT2D eigenvalue weighted by Crippen LogP contribution is 2.56. The maximum atomic E-state index is 13.3. The number of hydrogen-bond donors (Lipinski definition) is 0. The molecule has 1 spiro atoms. The van der Waals surface area contributed by atoms with Gasteiger partial charge in [-0.2, -0.15) is 0 Å². The van der Waals surface area contributed by atoms with Gasteiger partial charge in [0.15, 0.2) is 12.2 Å². The molecule has 4 rings (SSSR count). The molecule has 3 aliphatic heterocycles. The van der Waals surface area contributed by atoms with Gasteiger partial charge in [0.1, 0.15) is 6.10 Å². The molecule has 0 unspecified atom stereocenters. The van der Waals surface area contributed by atoms with Gasteiger partial charge >= 0.3 is 25.5 Å². The molecule has 1 aromatic carbocycles. The Balaban J connectivity index is 1.67. The smallest absolute Gasteiger partial charge is 0.358 e. The van der Waals surface area contributed by atoms with E-state index in [4.69, 9.17) is 32.7 Å². The van der Waals surface area contributed by atoms with E-state index in [1.165, 1.54) is 13.8 Å². The molecule has 11 nitrogen and oxygen atoms in total. The monoisotopic (exact) mass is 539 g/mol. The Kier molecular flexibility index (Phi) is 8.55. The molecule has 2 fully saturated rings. The standard InChI is InChI=1S/C25H34NO10P/c1-6-32-37(29,33-7-2)16(3)12-26-13-22(34-17(4)27)24(35-18(5)28)23-21(26)15-31-25(36-23)20-11-9-8-10-19(20)14-30-25/h8-11,21-24H,3,6-7,12-15H2,1-2,4-5H3/t21-,22+,23-,24-,25+/m1/s1. The molecule has 0 radical (unpaired) electrons. The van der Waals surface area contributed by atoms with Crippen LogP contribution in [0.3, 0.4) is 0 Å². The van der Waals surface area contributed by atoms with E-state index < -0.39 is 49.9 Å². The van der Waals surface area contributed by atoms with Crippen molar-refractivity contribution >= 4 is 19.5 Å². The van der Waals surface area contributed by atoms with E-state index in [2.05, 4.69) is 6.58 Å². The van der Waals surface area contributed by atoms with Crippen LogP contribution in [0.1, 0.15) is 38.8 Å². The topological polar surface area (TPSA) is 119 Å². The van der Waals surface area contributed by atoms with Crippen molar-refractivity contribution in [3.05, 3.63) is 47.3 Å². The maximum Gasteiger partial charge on any atom is 0.358 e. The molecule has 0 bridgehead atoms. The minimum absolute atomic E-state index is 0.0835. The lowest BCUT2D eigenvalue weighted by molar-refractivity contribution is -0.444. The zero-order valence-electron chi connectivity index (χ0n) is 21.5. The van der Waals surface area contributed by atoms with Gasteiger partial charge < -0.3 is 32.7 Å². The van der Waals surface area contributed by atoms with E-state index >= 15 is 0 Å². The van der Waals surface area contributed by atoms with E-state index in [1.54, 1.807) is 13.8 Å². The normalized spacial score (nSPS) is 29.4. The molecule has 0 saturated carbocycles. The lowest BCUT2D eigenvalue weighted by Gasteiger charge is -2.52. The molecule has 12 heteroatoms. The Labute approximate surface area is 216 Å². The van der Waals surface area contributed by atoms with E-state index in [0.717, 1.165) is 11.1 Å². The fraction of sp³-hybridized carbons (Fsp3) is 0.600. The number of nitrogens with zero attached hydrogens (tertiary/aromatic N) is 1. The van der Waals surface area contributed by atoms with Crippen molar-refractivity contribution in [2.75, 3.05) is 32.9 Å². The van der Waals surface area contributed by atoms with Crippen molar-refractivity contribution in [1.29, 1.82) is 0 Å². The molecular formula is C25H34NO10P. The third-order valence-electron chi connectivity index (χ3n) is 6.44. The Morgan fingerprint density at radius 1 is 1.11 bits per heavy atom. The highest BCUT2D eigenvalue weighted by molar-refractivity contribution is 7.58. The number of carbonyl (C=O) groups excluding carboxylic acids is 2. The van der Waals surface area contributed by atoms with Gasteiger partial charge in [-0.25, -0.2) is 0 Å². The summed E-state index contributed by atoms with van der Waals surface area (Å²) in [5.41, 5.74) is 1.63. The number of piperidine rings is 1. The summed E-state index contributed by atoms with van der Waals surface area (Å²) in [5.74, 6) is -2.59. The van der Waals surface area contributed by atoms with Gasteiger partial charge in [0, 0.05) is 37.8 Å². The largest absolute Gasteiger partial charge is 0.457 e. The first-order valence-electron chi connectivity index (χ1n) is 12.3. The van der Waals surface area contributed by atoms with E-state index in [9.17, 15) is 14.2 Å². The van der Waals surface area contributed by atoms with Gasteiger partial charge in [0.05, 0.1) is 32.5 Å². The predicted molar refractivity (Wildman–Crippen MR) is 130 cm³/mol. The summed E-state index contributed by atoms with van der Waals surface area (Å²) >= 11 is 0. The molecule has 0 aliphatic carbocycles. The molecule has 0 amide bonds. The van der Waals surface area contributed by atoms with Crippen LogP contribution in [0.5, 0.6) is 0 Å². The van der Waals surface area contributed by atoms with Gasteiger partial charge in [0.2, 0.25) is 0 Å². The minimum Gasteiger partial charge on any atom is -0.457 e. The van der Waals surface area contributed by atoms with Crippen molar-refractivity contribution in [2.24, 2.45) is 0 Å². The fourth-order valence-corrected chi connectivity index (χ4v) is 6.46. The molecule has 5 atom stereocenters. The Morgan fingerprint density at radius 2 is 1.78 bits per heavy atom. The molecule has 0 N–H and O–H groups in total. The van der Waals surface area contributed by atoms with Crippen molar-refractivity contribution < 1.29 is 46.9 Å². The first-order valence-corrected chi connectivity index (χ1v) is 13.9. The average molecular weight is 540 g/mol. The van der Waals surface area contributed by atoms with Crippen molar-refractivity contribution in [2.45, 2.75) is 64.6 Å². The lowest BCUT2D eigenvalue weighted by atomic mass is 9.92. The van der Waals surface area contributed by atoms with Gasteiger partial charge in [-0.1, -0.05) is 30.8 Å². The second-order valence-electron chi connectivity index (χ2n) is 9.01. The van der Waals surface area contributed by atoms with Crippen LogP contribution < -0.4 is 0 Å². The van der Waals surface area contributed by atoms with Crippen molar-refractivity contribution in [3.63, 3.8) is 0 Å². The SMILES string of the molecule is C=C(CN1C[C@H](OC(C)=O)[C@@H](OC(C)=O)[C@@H]2O[C@@]3(OCc4ccccc43)OC[C@H]21)P(=O)(OCC)OCC. The van der Waals surface area contributed by atoms with Crippen LogP contribution in [-0.2, 0) is 59.5 Å². The van der Waals surface area contributed by atoms with Crippen LogP contribution >= 0.6 is 7.60 Å². The number of benzene rings is 1. The molecule has 3 aliphatic rings. The van der Waals surface area contributed by atoms with Gasteiger partial charge in [-0.15, -0.1) is 0 Å². The van der Waals surface area contributed by atoms with Crippen LogP contribution in [0.4, 0.5) is 0 Å². The molecule has 3 heterocycles. The van der Waals surface area contributed by atoms with E-state index in [0.29, 0.717) is 0 Å². The summed E-state index contributed by atoms with van der Waals surface area (Å²) in [4.78, 5) is 26.0. The molecule has 2 saturated heterocycles. The van der Waals surface area contributed by atoms with Crippen LogP contribution in [0.2, 0.25) is 0 Å². The summed E-state index contributed by atoms with van der Waals surface area (Å²) in [6.07, 6.45) is -2.62. The molecule has 0 aromatic heterocycles. The summed E-state index contributed by atoms with van der Waals surface area (Å²) in [5, 5.41) is 0.241. The van der Waals surface area contributed by atoms with Crippen LogP contribution in [0.25, 0.3) is 0 Å². The third-order valence-corrected chi connectivity index (χ3v) is 8.56. The van der Waals surface area contributed by atoms with Crippen molar-refractivity contribution in [1.82, 2.24) is 4.90 Å². The minimum atomic E-state index is -3.62. The van der Waals surface area contributed by atoms with Gasteiger partial charge in [-0.3, -0.25) is 19.1 Å². The third kappa shape index (κ3) is 5.68. The summed E-state index contributed by atoms with van der Waals surface area (Å²) in [7, 11) is -3.62. The average Bonchev–Trinajstić information content (AvgIpc) is 3.19. The number of hydrogen-bond acceptors (Lipinski definition) is 11. The number of likely N-dealkylation sites (tertiary alicyclic amines) is 1. The number of fused-ring (bicyclic) bond motifs is 3. The van der Waals surface area contributed by atoms with Crippen molar-refractivity contribution in [3.8, 4) is 0 Å². The highest BCUT2D eigenvalue weighted by atomic mass is 31.2. The maximum absolute atomic E-state index is 13.3. The molecule has 204 valence electrons. The van der Waals surface area contributed by atoms with Gasteiger partial charge in [0.25, 0.3) is 0 Å². The summed E-state index contributed by atoms with van der Waals surface area (Å²) in [6.45, 7) is 11.0. The van der Waals surface area contributed by atoms with Crippen LogP contribution in [0, 0.1) is 0 Å². The van der Waals surface area contributed by atoms with Crippen LogP contribution in [-0.4, -0.2) is 74.1 Å². The van der Waals surface area contributed by atoms with E-state index in [-0.39, 0.29) is 44.8 Å². The zero-order chi connectivity index (χ0) is 26.8. The quantitative estimate of drug-likeness (QED) is 0.340. The predicted octanol–water partition coefficient (Wildman–Crippen LogP) is 3.07. The Morgan fingerprint density at radius 3 is 2.43 bits per heavy atom. The lowest BCUT2D eigenvalue weighted by Crippen LogP contribution is -2.69. The number of rotatable bonds is 9. The highest BCUT2D eigenvalue weighted by Gasteiger charge is 2.58. The van der Waals surface area contributed by atoms with Crippen LogP contribution in [0.15, 0.2) is 36.2 Å². The first kappa shape index (κ1) is 27.9. The Bertz CT molecular complexity index is 1070. The number of ether oxygens (including phenoxy) is 5. The molecular weight excluding hydrogens is 505 g/mol. The van der Waals surface area contributed by atoms with E-state index in [1.807, 2.05) is 29.2 Å². The number of esters is 2. The molecule has 1 aromatic rings. The summed E-state index contributed by atoms with van der Waals surface area (Å²) < 4.78 is 54.2. The van der Waals surface area contributed by atoms with Gasteiger partial charge in [-0.05, 0) is 19.4 Å². The summed E-state index contributed by atoms with van der Waals surface area (Å²) in [6, 6.07) is 7.05. The number of carbonyl (C=O) groups is 2. The second-order valence-corrected chi connectivity index (χ2v) is 11.2. The zero-order valence-corrected chi connectivity index (χ0v) is 22.4. The Hall–Kier alpha value is -2.11. The second kappa shape index (κ2) is 11.3. The first-order chi connectivity index (χ1) is 17.6. The fourth-order valence-electron chi connectivity index (χ4n) is 4.99.